The van der Waals surface area contributed by atoms with E-state index in [9.17, 15) is 30.0 Å². The summed E-state index contributed by atoms with van der Waals surface area (Å²) < 4.78 is 14.3. The Hall–Kier alpha value is -3.02. The molecule has 8 atom stereocenters. The molecule has 40 heavy (non-hydrogen) atoms. The lowest BCUT2D eigenvalue weighted by Gasteiger charge is -2.44. The minimum atomic E-state index is -1.49. The van der Waals surface area contributed by atoms with Gasteiger partial charge in [-0.15, -0.1) is 10.2 Å². The predicted octanol–water partition coefficient (Wildman–Crippen LogP) is -1.70. The third-order valence-electron chi connectivity index (χ3n) is 7.12. The number of carbonyl (C=O) groups excluding carboxylic acids is 2. The van der Waals surface area contributed by atoms with E-state index in [4.69, 9.17) is 9.47 Å². The van der Waals surface area contributed by atoms with E-state index in [0.29, 0.717) is 32.4 Å². The third-order valence-corrected chi connectivity index (χ3v) is 7.12. The van der Waals surface area contributed by atoms with E-state index in [-0.39, 0.29) is 17.3 Å². The quantitative estimate of drug-likeness (QED) is 0.179. The Labute approximate surface area is 230 Å². The summed E-state index contributed by atoms with van der Waals surface area (Å²) in [7, 11) is 0. The number of ether oxygens (including phenoxy) is 2. The van der Waals surface area contributed by atoms with E-state index in [2.05, 4.69) is 31.3 Å². The van der Waals surface area contributed by atoms with Gasteiger partial charge in [0.25, 0.3) is 11.8 Å². The number of aromatic nitrogens is 6. The molecule has 1 aliphatic carbocycles. The van der Waals surface area contributed by atoms with Gasteiger partial charge in [0.2, 0.25) is 0 Å². The fraction of sp³-hybridized carbons (Fsp3) is 0.750. The van der Waals surface area contributed by atoms with E-state index in [1.54, 1.807) is 0 Å². The summed E-state index contributed by atoms with van der Waals surface area (Å²) in [5, 5.41) is 64.1. The van der Waals surface area contributed by atoms with E-state index in [1.807, 2.05) is 13.8 Å². The monoisotopic (exact) mass is 566 g/mol. The average molecular weight is 567 g/mol. The second-order valence-electron chi connectivity index (χ2n) is 10.0. The SMILES string of the molecule is CCCNC(=O)c1cn(C2CCC[C@@H](O[C@@H]3OC(CO)[C@H](O)[C@H](n4cc(C(=O)NCCC)nn4)C3O)C2O)nn1. The number of amides is 2. The van der Waals surface area contributed by atoms with E-state index in [1.165, 1.54) is 17.1 Å². The van der Waals surface area contributed by atoms with Gasteiger partial charge in [0.1, 0.15) is 30.5 Å². The predicted molar refractivity (Wildman–Crippen MR) is 136 cm³/mol. The molecule has 1 saturated carbocycles. The Morgan fingerprint density at radius 3 is 2.15 bits per heavy atom. The Balaban J connectivity index is 1.47. The lowest BCUT2D eigenvalue weighted by molar-refractivity contribution is -0.309. The molecular formula is C24H38N8O8. The summed E-state index contributed by atoms with van der Waals surface area (Å²) >= 11 is 0. The Morgan fingerprint density at radius 2 is 1.55 bits per heavy atom. The first-order valence-corrected chi connectivity index (χ1v) is 13.6. The van der Waals surface area contributed by atoms with Gasteiger partial charge in [-0.1, -0.05) is 24.3 Å². The molecule has 222 valence electrons. The van der Waals surface area contributed by atoms with E-state index in [0.717, 1.165) is 17.5 Å². The van der Waals surface area contributed by atoms with Gasteiger partial charge in [-0.25, -0.2) is 9.36 Å². The maximum Gasteiger partial charge on any atom is 0.273 e. The van der Waals surface area contributed by atoms with Crippen molar-refractivity contribution >= 4 is 11.8 Å². The summed E-state index contributed by atoms with van der Waals surface area (Å²) in [5.74, 6) is -0.810. The summed E-state index contributed by atoms with van der Waals surface area (Å²) in [6.45, 7) is 4.21. The molecule has 4 rings (SSSR count). The van der Waals surface area contributed by atoms with E-state index >= 15 is 0 Å². The van der Waals surface area contributed by atoms with Gasteiger partial charge in [-0.2, -0.15) is 0 Å². The molecule has 0 radical (unpaired) electrons. The molecule has 0 bridgehead atoms. The zero-order chi connectivity index (χ0) is 28.8. The normalized spacial score (nSPS) is 30.6. The standard InChI is InChI=1S/C24H38N8O8/c1-3-8-25-22(37)13-10-31(29-27-13)15-6-5-7-16(19(15)34)39-24-21(36)18(20(35)17(12-33)40-24)32-11-14(28-30-32)23(38)26-9-4-2/h10-11,15-21,24,33-36H,3-9,12H2,1-2H3,(H,25,37)(H,26,38)/t15?,16-,17?,18+,19?,20+,21?,24-/m1/s1. The molecule has 2 aromatic rings. The van der Waals surface area contributed by atoms with Gasteiger partial charge in [-0.3, -0.25) is 9.59 Å². The molecule has 1 aliphatic heterocycles. The van der Waals surface area contributed by atoms with Gasteiger partial charge >= 0.3 is 0 Å². The van der Waals surface area contributed by atoms with Crippen molar-refractivity contribution in [2.45, 2.75) is 94.8 Å². The minimum absolute atomic E-state index is 0.00141. The highest BCUT2D eigenvalue weighted by molar-refractivity contribution is 5.92. The number of aliphatic hydroxyl groups is 4. The van der Waals surface area contributed by atoms with Crippen LogP contribution in [0.1, 0.15) is 79.0 Å². The molecule has 1 saturated heterocycles. The van der Waals surface area contributed by atoms with Crippen LogP contribution >= 0.6 is 0 Å². The van der Waals surface area contributed by atoms with Gasteiger partial charge in [-0.05, 0) is 32.1 Å². The average Bonchev–Trinajstić information content (AvgIpc) is 3.64. The smallest absolute Gasteiger partial charge is 0.273 e. The third kappa shape index (κ3) is 6.47. The van der Waals surface area contributed by atoms with Crippen molar-refractivity contribution < 1.29 is 39.5 Å². The van der Waals surface area contributed by atoms with Gasteiger partial charge in [0.15, 0.2) is 17.7 Å². The molecule has 6 N–H and O–H groups in total. The van der Waals surface area contributed by atoms with Crippen molar-refractivity contribution in [1.29, 1.82) is 0 Å². The summed E-state index contributed by atoms with van der Waals surface area (Å²) in [6, 6.07) is -1.71. The number of rotatable bonds is 11. The van der Waals surface area contributed by atoms with Crippen LogP contribution in [0.15, 0.2) is 12.4 Å². The maximum absolute atomic E-state index is 12.3. The number of aliphatic hydroxyl groups excluding tert-OH is 4. The second kappa shape index (κ2) is 13.6. The lowest BCUT2D eigenvalue weighted by Crippen LogP contribution is -2.58. The Bertz CT molecular complexity index is 1130. The molecule has 2 aromatic heterocycles. The highest BCUT2D eigenvalue weighted by Crippen LogP contribution is 2.35. The van der Waals surface area contributed by atoms with Gasteiger partial charge in [0, 0.05) is 13.1 Å². The fourth-order valence-corrected chi connectivity index (χ4v) is 4.95. The maximum atomic E-state index is 12.3. The zero-order valence-corrected chi connectivity index (χ0v) is 22.5. The van der Waals surface area contributed by atoms with Crippen LogP contribution in [0.2, 0.25) is 0 Å². The second-order valence-corrected chi connectivity index (χ2v) is 10.0. The van der Waals surface area contributed by atoms with Gasteiger partial charge < -0.3 is 40.5 Å². The highest BCUT2D eigenvalue weighted by Gasteiger charge is 2.48. The first kappa shape index (κ1) is 30.0. The summed E-state index contributed by atoms with van der Waals surface area (Å²) in [5.41, 5.74) is 0.131. The Morgan fingerprint density at radius 1 is 0.950 bits per heavy atom. The van der Waals surface area contributed by atoms with Crippen LogP contribution in [0.4, 0.5) is 0 Å². The van der Waals surface area contributed by atoms with Crippen LogP contribution in [-0.2, 0) is 9.47 Å². The largest absolute Gasteiger partial charge is 0.394 e. The van der Waals surface area contributed by atoms with Crippen LogP contribution in [-0.4, -0.2) is 119 Å². The number of nitrogens with zero attached hydrogens (tertiary/aromatic N) is 6. The molecule has 4 unspecified atom stereocenters. The van der Waals surface area contributed by atoms with E-state index < -0.39 is 61.4 Å². The molecule has 16 nitrogen and oxygen atoms in total. The fourth-order valence-electron chi connectivity index (χ4n) is 4.95. The van der Waals surface area contributed by atoms with Crippen molar-refractivity contribution in [3.63, 3.8) is 0 Å². The van der Waals surface area contributed by atoms with Crippen LogP contribution in [0.5, 0.6) is 0 Å². The summed E-state index contributed by atoms with van der Waals surface area (Å²) in [4.78, 5) is 24.5. The van der Waals surface area contributed by atoms with Crippen LogP contribution in [0.3, 0.4) is 0 Å². The van der Waals surface area contributed by atoms with Crippen molar-refractivity contribution in [1.82, 2.24) is 40.6 Å². The first-order chi connectivity index (χ1) is 19.3. The summed E-state index contributed by atoms with van der Waals surface area (Å²) in [6.07, 6.45) is -1.37. The Kier molecular flexibility index (Phi) is 10.2. The van der Waals surface area contributed by atoms with Crippen LogP contribution in [0, 0.1) is 0 Å². The van der Waals surface area contributed by atoms with Gasteiger partial charge in [0.05, 0.1) is 31.1 Å². The molecule has 16 heteroatoms. The number of hydrogen-bond acceptors (Lipinski definition) is 12. The van der Waals surface area contributed by atoms with Crippen molar-refractivity contribution in [2.24, 2.45) is 0 Å². The molecule has 0 spiro atoms. The van der Waals surface area contributed by atoms with Crippen molar-refractivity contribution in [3.05, 3.63) is 23.8 Å². The molecule has 3 heterocycles. The molecule has 2 fully saturated rings. The zero-order valence-electron chi connectivity index (χ0n) is 22.5. The van der Waals surface area contributed by atoms with Crippen LogP contribution in [0.25, 0.3) is 0 Å². The molecule has 2 amide bonds. The van der Waals surface area contributed by atoms with Crippen molar-refractivity contribution in [3.8, 4) is 0 Å². The first-order valence-electron chi connectivity index (χ1n) is 13.6. The molecule has 0 aromatic carbocycles. The lowest BCUT2D eigenvalue weighted by atomic mass is 9.89. The number of hydrogen-bond donors (Lipinski definition) is 6. The minimum Gasteiger partial charge on any atom is -0.394 e. The molecule has 2 aliphatic rings. The number of nitrogens with one attached hydrogen (secondary N) is 2. The number of carbonyl (C=O) groups is 2. The van der Waals surface area contributed by atoms with Crippen molar-refractivity contribution in [2.75, 3.05) is 19.7 Å². The highest BCUT2D eigenvalue weighted by atomic mass is 16.7. The molecular weight excluding hydrogens is 528 g/mol. The topological polar surface area (TPSA) is 219 Å². The van der Waals surface area contributed by atoms with Crippen LogP contribution < -0.4 is 10.6 Å².